The number of nitrogens with zero attached hydrogens (tertiary/aromatic N) is 1. The minimum atomic E-state index is 0.328. The number of hydrogen-bond acceptors (Lipinski definition) is 5. The molecule has 6 heteroatoms. The van der Waals surface area contributed by atoms with Crippen LogP contribution < -0.4 is 5.73 Å². The van der Waals surface area contributed by atoms with Gasteiger partial charge in [-0.2, -0.15) is 0 Å². The van der Waals surface area contributed by atoms with Gasteiger partial charge < -0.3 is 10.3 Å². The SMILES string of the molecule is Cc1csc(-c2noc(N)c2-c2cccs2)c1Cl. The molecule has 3 rings (SSSR count). The maximum absolute atomic E-state index is 6.28. The van der Waals surface area contributed by atoms with Crippen molar-refractivity contribution in [1.82, 2.24) is 5.16 Å². The first-order chi connectivity index (χ1) is 8.68. The quantitative estimate of drug-likeness (QED) is 0.747. The summed E-state index contributed by atoms with van der Waals surface area (Å²) < 4.78 is 5.12. The molecule has 0 spiro atoms. The molecule has 0 aliphatic carbocycles. The predicted octanol–water partition coefficient (Wildman–Crippen LogP) is 4.68. The van der Waals surface area contributed by atoms with Gasteiger partial charge in [-0.05, 0) is 29.3 Å². The van der Waals surface area contributed by atoms with Crippen molar-refractivity contribution in [2.24, 2.45) is 0 Å². The Kier molecular flexibility index (Phi) is 2.89. The predicted molar refractivity (Wildman–Crippen MR) is 77.3 cm³/mol. The van der Waals surface area contributed by atoms with Crippen molar-refractivity contribution in [3.63, 3.8) is 0 Å². The molecule has 3 heterocycles. The van der Waals surface area contributed by atoms with Gasteiger partial charge >= 0.3 is 0 Å². The summed E-state index contributed by atoms with van der Waals surface area (Å²) in [6, 6.07) is 3.96. The van der Waals surface area contributed by atoms with Crippen molar-refractivity contribution in [1.29, 1.82) is 0 Å². The van der Waals surface area contributed by atoms with Crippen LogP contribution in [0.2, 0.25) is 5.02 Å². The summed E-state index contributed by atoms with van der Waals surface area (Å²) in [5.74, 6) is 0.328. The first-order valence-electron chi connectivity index (χ1n) is 5.21. The van der Waals surface area contributed by atoms with Gasteiger partial charge in [0.05, 0.1) is 15.5 Å². The molecule has 0 fully saturated rings. The molecule has 0 bridgehead atoms. The van der Waals surface area contributed by atoms with Crippen LogP contribution in [0.15, 0.2) is 27.4 Å². The van der Waals surface area contributed by atoms with Crippen molar-refractivity contribution < 1.29 is 4.52 Å². The molecule has 0 aliphatic heterocycles. The molecule has 18 heavy (non-hydrogen) atoms. The van der Waals surface area contributed by atoms with E-state index in [2.05, 4.69) is 5.16 Å². The summed E-state index contributed by atoms with van der Waals surface area (Å²) in [5.41, 5.74) is 8.45. The van der Waals surface area contributed by atoms with Gasteiger partial charge in [-0.1, -0.05) is 22.8 Å². The summed E-state index contributed by atoms with van der Waals surface area (Å²) in [6.45, 7) is 1.97. The third kappa shape index (κ3) is 1.75. The summed E-state index contributed by atoms with van der Waals surface area (Å²) >= 11 is 9.42. The number of aromatic nitrogens is 1. The second kappa shape index (κ2) is 4.42. The second-order valence-corrected chi connectivity index (χ2v) is 6.01. The highest BCUT2D eigenvalue weighted by atomic mass is 35.5. The molecule has 2 N–H and O–H groups in total. The fraction of sp³-hybridized carbons (Fsp3) is 0.0833. The van der Waals surface area contributed by atoms with Crippen LogP contribution in [0.1, 0.15) is 5.56 Å². The van der Waals surface area contributed by atoms with E-state index in [-0.39, 0.29) is 0 Å². The molecule has 3 aromatic heterocycles. The van der Waals surface area contributed by atoms with Gasteiger partial charge in [0.15, 0.2) is 0 Å². The lowest BCUT2D eigenvalue weighted by Crippen LogP contribution is -1.84. The Morgan fingerprint density at radius 1 is 1.39 bits per heavy atom. The fourth-order valence-corrected chi connectivity index (χ4v) is 3.75. The smallest absolute Gasteiger partial charge is 0.231 e. The van der Waals surface area contributed by atoms with Gasteiger partial charge in [-0.15, -0.1) is 22.7 Å². The number of thiophene rings is 2. The van der Waals surface area contributed by atoms with Gasteiger partial charge in [0.25, 0.3) is 0 Å². The van der Waals surface area contributed by atoms with Crippen LogP contribution >= 0.6 is 34.3 Å². The highest BCUT2D eigenvalue weighted by molar-refractivity contribution is 7.15. The minimum Gasteiger partial charge on any atom is -0.367 e. The van der Waals surface area contributed by atoms with E-state index in [0.717, 1.165) is 26.6 Å². The van der Waals surface area contributed by atoms with Crippen molar-refractivity contribution in [2.75, 3.05) is 5.73 Å². The van der Waals surface area contributed by atoms with Crippen molar-refractivity contribution in [3.05, 3.63) is 33.5 Å². The normalized spacial score (nSPS) is 11.0. The number of anilines is 1. The van der Waals surface area contributed by atoms with E-state index in [1.165, 1.54) is 0 Å². The summed E-state index contributed by atoms with van der Waals surface area (Å²) in [4.78, 5) is 1.93. The third-order valence-electron chi connectivity index (χ3n) is 2.60. The summed E-state index contributed by atoms with van der Waals surface area (Å²) in [5, 5.41) is 8.76. The molecule has 0 unspecified atom stereocenters. The Morgan fingerprint density at radius 3 is 2.83 bits per heavy atom. The molecule has 0 amide bonds. The topological polar surface area (TPSA) is 52.0 Å². The Balaban J connectivity index is 2.23. The monoisotopic (exact) mass is 296 g/mol. The number of rotatable bonds is 2. The zero-order valence-corrected chi connectivity index (χ0v) is 11.8. The van der Waals surface area contributed by atoms with Crippen LogP contribution in [0.3, 0.4) is 0 Å². The highest BCUT2D eigenvalue weighted by Crippen LogP contribution is 2.44. The molecule has 3 nitrogen and oxygen atoms in total. The Bertz CT molecular complexity index is 685. The lowest BCUT2D eigenvalue weighted by Gasteiger charge is -1.98. The largest absolute Gasteiger partial charge is 0.367 e. The van der Waals surface area contributed by atoms with E-state index in [1.807, 2.05) is 29.8 Å². The van der Waals surface area contributed by atoms with Crippen molar-refractivity contribution >= 4 is 40.2 Å². The Morgan fingerprint density at radius 2 is 2.22 bits per heavy atom. The van der Waals surface area contributed by atoms with E-state index < -0.39 is 0 Å². The maximum atomic E-state index is 6.28. The van der Waals surface area contributed by atoms with E-state index >= 15 is 0 Å². The van der Waals surface area contributed by atoms with Gasteiger partial charge in [-0.25, -0.2) is 0 Å². The lowest BCUT2D eigenvalue weighted by atomic mass is 10.1. The van der Waals surface area contributed by atoms with E-state index in [9.17, 15) is 0 Å². The molecular formula is C12H9ClN2OS2. The third-order valence-corrected chi connectivity index (χ3v) is 5.19. The number of aryl methyl sites for hydroxylation is 1. The Labute approximate surface area is 117 Å². The molecule has 0 saturated heterocycles. The number of halogens is 1. The minimum absolute atomic E-state index is 0.328. The molecule has 92 valence electrons. The maximum Gasteiger partial charge on any atom is 0.231 e. The number of hydrogen-bond donors (Lipinski definition) is 1. The number of nitrogens with two attached hydrogens (primary N) is 1. The zero-order valence-electron chi connectivity index (χ0n) is 9.44. The van der Waals surface area contributed by atoms with Gasteiger partial charge in [0.1, 0.15) is 5.69 Å². The number of nitrogen functional groups attached to an aromatic ring is 1. The molecule has 3 aromatic rings. The molecular weight excluding hydrogens is 288 g/mol. The van der Waals surface area contributed by atoms with E-state index in [1.54, 1.807) is 22.7 Å². The summed E-state index contributed by atoms with van der Waals surface area (Å²) in [7, 11) is 0. The van der Waals surface area contributed by atoms with Crippen LogP contribution in [-0.2, 0) is 0 Å². The Hall–Kier alpha value is -1.30. The van der Waals surface area contributed by atoms with Crippen LogP contribution in [0.25, 0.3) is 21.0 Å². The molecule has 0 atom stereocenters. The first kappa shape index (κ1) is 11.8. The zero-order chi connectivity index (χ0) is 12.7. The average molecular weight is 297 g/mol. The highest BCUT2D eigenvalue weighted by Gasteiger charge is 2.21. The van der Waals surface area contributed by atoms with Crippen LogP contribution in [-0.4, -0.2) is 5.16 Å². The first-order valence-corrected chi connectivity index (χ1v) is 7.35. The molecule has 0 saturated carbocycles. The van der Waals surface area contributed by atoms with E-state index in [4.69, 9.17) is 21.9 Å². The van der Waals surface area contributed by atoms with Crippen molar-refractivity contribution in [2.45, 2.75) is 6.92 Å². The molecule has 0 aliphatic rings. The lowest BCUT2D eigenvalue weighted by molar-refractivity contribution is 0.439. The van der Waals surface area contributed by atoms with Crippen LogP contribution in [0.4, 0.5) is 5.88 Å². The van der Waals surface area contributed by atoms with Crippen LogP contribution in [0, 0.1) is 6.92 Å². The molecule has 0 aromatic carbocycles. The fourth-order valence-electron chi connectivity index (χ4n) is 1.71. The summed E-state index contributed by atoms with van der Waals surface area (Å²) in [6.07, 6.45) is 0. The second-order valence-electron chi connectivity index (χ2n) is 3.81. The molecule has 0 radical (unpaired) electrons. The van der Waals surface area contributed by atoms with Gasteiger partial charge in [0, 0.05) is 4.88 Å². The van der Waals surface area contributed by atoms with Crippen molar-refractivity contribution in [3.8, 4) is 21.0 Å². The van der Waals surface area contributed by atoms with E-state index in [0.29, 0.717) is 10.9 Å². The van der Waals surface area contributed by atoms with Crippen LogP contribution in [0.5, 0.6) is 0 Å². The van der Waals surface area contributed by atoms with Gasteiger partial charge in [0.2, 0.25) is 5.88 Å². The van der Waals surface area contributed by atoms with Gasteiger partial charge in [-0.3, -0.25) is 0 Å². The standard InChI is InChI=1S/C12H9ClN2OS2/c1-6-5-18-11(9(6)13)10-8(12(14)16-15-10)7-3-2-4-17-7/h2-5H,14H2,1H3. The average Bonchev–Trinajstić information content (AvgIpc) is 3.03.